The summed E-state index contributed by atoms with van der Waals surface area (Å²) in [6.07, 6.45) is -3.70. The summed E-state index contributed by atoms with van der Waals surface area (Å²) in [5.74, 6) is -3.56. The summed E-state index contributed by atoms with van der Waals surface area (Å²) in [5, 5.41) is 9.02. The van der Waals surface area contributed by atoms with Gasteiger partial charge in [-0.3, -0.25) is 4.57 Å². The summed E-state index contributed by atoms with van der Waals surface area (Å²) < 4.78 is 38.5. The van der Waals surface area contributed by atoms with Crippen LogP contribution in [0.5, 0.6) is 0 Å². The third kappa shape index (κ3) is 2.20. The van der Waals surface area contributed by atoms with Crippen molar-refractivity contribution in [2.75, 3.05) is 19.5 Å². The lowest BCUT2D eigenvalue weighted by molar-refractivity contribution is -0.147. The molecule has 1 aliphatic heterocycles. The van der Waals surface area contributed by atoms with Crippen LogP contribution in [-0.2, 0) is 9.47 Å². The van der Waals surface area contributed by atoms with Crippen molar-refractivity contribution in [3.63, 3.8) is 0 Å². The Labute approximate surface area is 106 Å². The van der Waals surface area contributed by atoms with Crippen molar-refractivity contribution in [3.8, 4) is 0 Å². The Kier molecular flexibility index (Phi) is 3.52. The molecule has 0 aliphatic carbocycles. The minimum Gasteiger partial charge on any atom is -0.394 e. The Morgan fingerprint density at radius 3 is 2.84 bits per heavy atom. The molecule has 3 N–H and O–H groups in total. The van der Waals surface area contributed by atoms with Crippen LogP contribution in [0.4, 0.5) is 14.6 Å². The van der Waals surface area contributed by atoms with Gasteiger partial charge in [0.25, 0.3) is 0 Å². The quantitative estimate of drug-likeness (QED) is 0.762. The van der Waals surface area contributed by atoms with E-state index in [4.69, 9.17) is 15.6 Å². The number of ether oxygens (including phenoxy) is 2. The molecule has 0 spiro atoms. The fraction of sp³-hybridized carbons (Fsp3) is 0.600. The number of aliphatic hydroxyl groups excluding tert-OH is 1. The molecule has 106 valence electrons. The average Bonchev–Trinajstić information content (AvgIpc) is 2.60. The zero-order valence-electron chi connectivity index (χ0n) is 9.99. The number of halogens is 2. The minimum absolute atomic E-state index is 0.0791. The van der Waals surface area contributed by atoms with Gasteiger partial charge in [0.05, 0.1) is 6.61 Å². The SMILES string of the molecule is CO[C@H]1C(CO)OC(n2ccc(N)nc2=O)C1(F)F. The third-order valence-corrected chi connectivity index (χ3v) is 2.89. The molecule has 2 rings (SSSR count). The van der Waals surface area contributed by atoms with Crippen molar-refractivity contribution in [1.29, 1.82) is 0 Å². The first-order valence-electron chi connectivity index (χ1n) is 5.43. The van der Waals surface area contributed by atoms with E-state index in [1.165, 1.54) is 6.07 Å². The molecule has 1 aliphatic rings. The molecule has 1 aromatic heterocycles. The average molecular weight is 277 g/mol. The first kappa shape index (κ1) is 13.8. The molecular weight excluding hydrogens is 264 g/mol. The fourth-order valence-electron chi connectivity index (χ4n) is 2.02. The van der Waals surface area contributed by atoms with E-state index in [0.29, 0.717) is 4.57 Å². The highest BCUT2D eigenvalue weighted by atomic mass is 19.3. The van der Waals surface area contributed by atoms with Crippen molar-refractivity contribution in [2.45, 2.75) is 24.4 Å². The molecule has 0 amide bonds. The van der Waals surface area contributed by atoms with Gasteiger partial charge in [-0.05, 0) is 6.07 Å². The number of hydrogen-bond acceptors (Lipinski definition) is 6. The molecule has 19 heavy (non-hydrogen) atoms. The van der Waals surface area contributed by atoms with Crippen LogP contribution < -0.4 is 11.4 Å². The number of nitrogens with two attached hydrogens (primary N) is 1. The van der Waals surface area contributed by atoms with Crippen LogP contribution in [0.1, 0.15) is 6.23 Å². The molecule has 9 heteroatoms. The highest BCUT2D eigenvalue weighted by Gasteiger charge is 2.60. The Morgan fingerprint density at radius 2 is 2.37 bits per heavy atom. The highest BCUT2D eigenvalue weighted by molar-refractivity contribution is 5.23. The molecule has 0 bridgehead atoms. The number of rotatable bonds is 3. The number of nitrogens with zero attached hydrogens (tertiary/aromatic N) is 2. The smallest absolute Gasteiger partial charge is 0.351 e. The normalized spacial score (nSPS) is 29.6. The molecule has 3 atom stereocenters. The van der Waals surface area contributed by atoms with Crippen LogP contribution in [0.2, 0.25) is 0 Å². The standard InChI is InChI=1S/C10H13F2N3O4/c1-18-7-5(4-16)19-8(10(7,11)12)15-3-2-6(13)14-9(15)17/h2-3,5,7-8,16H,4H2,1H3,(H2,13,14,17)/t5?,7-,8?/m0/s1. The number of methoxy groups -OCH3 is 1. The molecule has 7 nitrogen and oxygen atoms in total. The van der Waals surface area contributed by atoms with Gasteiger partial charge in [0.2, 0.25) is 6.23 Å². The van der Waals surface area contributed by atoms with Crippen molar-refractivity contribution < 1.29 is 23.4 Å². The molecule has 1 fully saturated rings. The Bertz CT molecular complexity index is 522. The second-order valence-electron chi connectivity index (χ2n) is 4.08. The Balaban J connectivity index is 2.42. The largest absolute Gasteiger partial charge is 0.394 e. The van der Waals surface area contributed by atoms with Gasteiger partial charge >= 0.3 is 11.6 Å². The van der Waals surface area contributed by atoms with Gasteiger partial charge < -0.3 is 20.3 Å². The van der Waals surface area contributed by atoms with E-state index in [-0.39, 0.29) is 5.82 Å². The predicted molar refractivity (Wildman–Crippen MR) is 59.6 cm³/mol. The topological polar surface area (TPSA) is 99.6 Å². The van der Waals surface area contributed by atoms with Crippen LogP contribution in [0, 0.1) is 0 Å². The number of alkyl halides is 2. The van der Waals surface area contributed by atoms with E-state index in [1.807, 2.05) is 0 Å². The van der Waals surface area contributed by atoms with Gasteiger partial charge in [-0.2, -0.15) is 13.8 Å². The van der Waals surface area contributed by atoms with Gasteiger partial charge in [-0.15, -0.1) is 0 Å². The summed E-state index contributed by atoms with van der Waals surface area (Å²) >= 11 is 0. The van der Waals surface area contributed by atoms with E-state index >= 15 is 0 Å². The second kappa shape index (κ2) is 4.83. The number of hydrogen-bond donors (Lipinski definition) is 2. The van der Waals surface area contributed by atoms with Crippen molar-refractivity contribution in [2.24, 2.45) is 0 Å². The van der Waals surface area contributed by atoms with Gasteiger partial charge in [0.15, 0.2) is 6.10 Å². The zero-order valence-corrected chi connectivity index (χ0v) is 9.99. The molecule has 0 radical (unpaired) electrons. The number of anilines is 1. The lowest BCUT2D eigenvalue weighted by Gasteiger charge is -2.22. The summed E-state index contributed by atoms with van der Waals surface area (Å²) in [6, 6.07) is 1.20. The minimum atomic E-state index is -3.48. The fourth-order valence-corrected chi connectivity index (χ4v) is 2.02. The van der Waals surface area contributed by atoms with Gasteiger partial charge in [0, 0.05) is 13.3 Å². The first-order chi connectivity index (χ1) is 8.91. The lowest BCUT2D eigenvalue weighted by atomic mass is 10.1. The van der Waals surface area contributed by atoms with E-state index in [0.717, 1.165) is 13.3 Å². The van der Waals surface area contributed by atoms with Gasteiger partial charge in [-0.25, -0.2) is 4.79 Å². The molecule has 0 aromatic carbocycles. The van der Waals surface area contributed by atoms with Crippen molar-refractivity contribution in [1.82, 2.24) is 9.55 Å². The maximum absolute atomic E-state index is 14.1. The summed E-state index contributed by atoms with van der Waals surface area (Å²) in [7, 11) is 1.08. The van der Waals surface area contributed by atoms with E-state index in [2.05, 4.69) is 9.72 Å². The van der Waals surface area contributed by atoms with Crippen LogP contribution in [0.3, 0.4) is 0 Å². The lowest BCUT2D eigenvalue weighted by Crippen LogP contribution is -2.43. The predicted octanol–water partition coefficient (Wildman–Crippen LogP) is -0.635. The second-order valence-corrected chi connectivity index (χ2v) is 4.08. The number of aromatic nitrogens is 2. The van der Waals surface area contributed by atoms with Crippen molar-refractivity contribution >= 4 is 5.82 Å². The summed E-state index contributed by atoms with van der Waals surface area (Å²) in [4.78, 5) is 14.9. The van der Waals surface area contributed by atoms with E-state index < -0.39 is 36.7 Å². The molecular formula is C10H13F2N3O4. The van der Waals surface area contributed by atoms with Crippen LogP contribution in [0.25, 0.3) is 0 Å². The van der Waals surface area contributed by atoms with E-state index in [9.17, 15) is 13.6 Å². The van der Waals surface area contributed by atoms with Crippen LogP contribution in [0.15, 0.2) is 17.1 Å². The first-order valence-corrected chi connectivity index (χ1v) is 5.43. The van der Waals surface area contributed by atoms with Gasteiger partial charge in [0.1, 0.15) is 11.9 Å². The Morgan fingerprint density at radius 1 is 1.68 bits per heavy atom. The maximum atomic E-state index is 14.1. The molecule has 2 heterocycles. The maximum Gasteiger partial charge on any atom is 0.351 e. The molecule has 1 saturated heterocycles. The summed E-state index contributed by atoms with van der Waals surface area (Å²) in [5.41, 5.74) is 4.32. The third-order valence-electron chi connectivity index (χ3n) is 2.89. The molecule has 2 unspecified atom stereocenters. The Hall–Kier alpha value is -1.58. The van der Waals surface area contributed by atoms with Gasteiger partial charge in [-0.1, -0.05) is 0 Å². The number of aliphatic hydroxyl groups is 1. The monoisotopic (exact) mass is 277 g/mol. The van der Waals surface area contributed by atoms with E-state index in [1.54, 1.807) is 0 Å². The number of nitrogen functional groups attached to an aromatic ring is 1. The van der Waals surface area contributed by atoms with Crippen LogP contribution >= 0.6 is 0 Å². The van der Waals surface area contributed by atoms with Crippen LogP contribution in [-0.4, -0.2) is 46.5 Å². The van der Waals surface area contributed by atoms with Crippen molar-refractivity contribution in [3.05, 3.63) is 22.7 Å². The summed E-state index contributed by atoms with van der Waals surface area (Å²) in [6.45, 7) is -0.651. The zero-order chi connectivity index (χ0) is 14.2. The molecule has 1 aromatic rings. The molecule has 0 saturated carbocycles. The highest BCUT2D eigenvalue weighted by Crippen LogP contribution is 2.43.